The van der Waals surface area contributed by atoms with Crippen LogP contribution in [0.1, 0.15) is 2.85 Å². The summed E-state index contributed by atoms with van der Waals surface area (Å²) in [5.74, 6) is 0. The van der Waals surface area contributed by atoms with E-state index in [1.165, 1.54) is 0 Å². The molecule has 0 saturated heterocycles. The van der Waals surface area contributed by atoms with Gasteiger partial charge in [-0.1, -0.05) is 0 Å². The number of hydrogen-bond acceptors (Lipinski definition) is 0. The minimum Gasteiger partial charge on any atom is 0 e. The first-order valence-corrected chi connectivity index (χ1v) is 0. The van der Waals surface area contributed by atoms with Gasteiger partial charge in [0, 0.05) is 27.9 Å². The molecule has 5 radical (unpaired) electrons. The Morgan fingerprint density at radius 1 is 1.20 bits per heavy atom. The summed E-state index contributed by atoms with van der Waals surface area (Å²) >= 11 is 0. The molecule has 0 aromatic carbocycles. The molecule has 5 heteroatoms. The van der Waals surface area contributed by atoms with Crippen molar-refractivity contribution in [1.82, 2.24) is 0 Å². The average molecular weight is 443 g/mol. The summed E-state index contributed by atoms with van der Waals surface area (Å²) in [6.45, 7) is 0. The van der Waals surface area contributed by atoms with Crippen molar-refractivity contribution in [3.63, 3.8) is 0 Å². The maximum Gasteiger partial charge on any atom is 0 e. The molecule has 23 valence electrons. The molecule has 5 heavy (non-hydrogen) atoms. The van der Waals surface area contributed by atoms with Crippen molar-refractivity contribution >= 4 is 84.6 Å². The third-order valence-corrected chi connectivity index (χ3v) is 0. The van der Waals surface area contributed by atoms with Crippen LogP contribution in [0.4, 0.5) is 0 Å². The molecule has 0 amide bonds. The van der Waals surface area contributed by atoms with Gasteiger partial charge in [0.15, 0.2) is 0 Å². The van der Waals surface area contributed by atoms with Crippen molar-refractivity contribution in [2.75, 3.05) is 0 Å². The van der Waals surface area contributed by atoms with E-state index in [0.717, 1.165) is 0 Å². The van der Waals surface area contributed by atoms with E-state index in [2.05, 4.69) is 0 Å². The van der Waals surface area contributed by atoms with Gasteiger partial charge < -0.3 is 8.33 Å². The second-order valence-corrected chi connectivity index (χ2v) is 0. The SMILES string of the molecule is O.[B].[Ba+2].[H-].[H-].[PbH2].[Zn]. The van der Waals surface area contributed by atoms with Crippen molar-refractivity contribution in [2.45, 2.75) is 0 Å². The molecule has 0 aliphatic rings. The third kappa shape index (κ3) is 19.1. The van der Waals surface area contributed by atoms with E-state index in [-0.39, 0.29) is 112 Å². The molecule has 1 nitrogen and oxygen atoms in total. The first-order chi connectivity index (χ1) is 0. The van der Waals surface area contributed by atoms with Gasteiger partial charge in [-0.3, -0.25) is 0 Å². The smallest absolute Gasteiger partial charge is 0 e. The Labute approximate surface area is 110 Å². The van der Waals surface area contributed by atoms with Gasteiger partial charge in [0.25, 0.3) is 0 Å². The Morgan fingerprint density at radius 2 is 1.20 bits per heavy atom. The quantitative estimate of drug-likeness (QED) is 0.379. The summed E-state index contributed by atoms with van der Waals surface area (Å²) in [6, 6.07) is 0. The maximum absolute atomic E-state index is 0. The predicted molar refractivity (Wildman–Crippen MR) is 25.9 cm³/mol. The van der Waals surface area contributed by atoms with Crippen LogP contribution in [0.5, 0.6) is 0 Å². The van der Waals surface area contributed by atoms with Crippen molar-refractivity contribution in [1.29, 1.82) is 0 Å². The Kier molecular flexibility index (Phi) is 230. The first kappa shape index (κ1) is 42.1. The van der Waals surface area contributed by atoms with Crippen molar-refractivity contribution in [3.05, 3.63) is 0 Å². The van der Waals surface area contributed by atoms with Crippen LogP contribution in [0.15, 0.2) is 0 Å². The van der Waals surface area contributed by atoms with Crippen LogP contribution in [0.25, 0.3) is 0 Å². The molecule has 0 aliphatic carbocycles. The molecule has 0 aromatic rings. The Morgan fingerprint density at radius 3 is 1.20 bits per heavy atom. The predicted octanol–water partition coefficient (Wildman–Crippen LogP) is -2.28. The van der Waals surface area contributed by atoms with E-state index in [9.17, 15) is 0 Å². The van der Waals surface area contributed by atoms with Gasteiger partial charge in [-0.15, -0.1) is 0 Å². The summed E-state index contributed by atoms with van der Waals surface area (Å²) in [7, 11) is 0. The van der Waals surface area contributed by atoms with Crippen LogP contribution in [0, 0.1) is 0 Å². The van der Waals surface area contributed by atoms with E-state index in [1.54, 1.807) is 0 Å². The molecule has 0 fully saturated rings. The second kappa shape index (κ2) is 27.3. The van der Waals surface area contributed by atoms with Gasteiger partial charge in [0.2, 0.25) is 0 Å². The average Bonchev–Trinajstić information content (AvgIpc) is 0. The fourth-order valence-corrected chi connectivity index (χ4v) is 0. The van der Waals surface area contributed by atoms with Gasteiger partial charge in [-0.05, 0) is 0 Å². The molecule has 0 bridgehead atoms. The Balaban J connectivity index is 0. The van der Waals surface area contributed by atoms with Crippen LogP contribution in [0.3, 0.4) is 0 Å². The molecule has 0 spiro atoms. The van der Waals surface area contributed by atoms with Gasteiger partial charge in [0.1, 0.15) is 0 Å². The number of rotatable bonds is 0. The van der Waals surface area contributed by atoms with E-state index in [1.807, 2.05) is 0 Å². The summed E-state index contributed by atoms with van der Waals surface area (Å²) in [5, 5.41) is 0. The zero-order chi connectivity index (χ0) is 0. The van der Waals surface area contributed by atoms with Crippen molar-refractivity contribution < 1.29 is 27.8 Å². The van der Waals surface area contributed by atoms with Crippen LogP contribution in [-0.4, -0.2) is 90.1 Å². The minimum absolute atomic E-state index is 0. The van der Waals surface area contributed by atoms with Crippen molar-refractivity contribution in [2.24, 2.45) is 0 Å². The Bertz CT molecular complexity index is 17.7. The molecular formula is H6BBaOPbZn. The molecule has 0 aromatic heterocycles. The van der Waals surface area contributed by atoms with Gasteiger partial charge in [-0.2, -0.15) is 0 Å². The first-order valence-electron chi connectivity index (χ1n) is 0. The second-order valence-electron chi connectivity index (χ2n) is 0. The van der Waals surface area contributed by atoms with Crippen molar-refractivity contribution in [3.8, 4) is 0 Å². The van der Waals surface area contributed by atoms with E-state index in [4.69, 9.17) is 0 Å². The van der Waals surface area contributed by atoms with Gasteiger partial charge >= 0.3 is 76.2 Å². The summed E-state index contributed by atoms with van der Waals surface area (Å²) in [4.78, 5) is 0. The standard InChI is InChI=1S/B.Ba.H2O.Pb.Zn.4H/h;;1H2;;;;;;/q;+2;;;;;;2*-1. The van der Waals surface area contributed by atoms with Crippen LogP contribution in [-0.2, 0) is 19.5 Å². The van der Waals surface area contributed by atoms with E-state index < -0.39 is 0 Å². The maximum atomic E-state index is 0. The Hall–Kier alpha value is 3.14. The molecular weight excluding hydrogens is 437 g/mol. The van der Waals surface area contributed by atoms with E-state index in [0.29, 0.717) is 0 Å². The molecule has 0 rings (SSSR count). The fraction of sp³-hybridized carbons (Fsp3) is 0. The molecule has 2 N–H and O–H groups in total. The van der Waals surface area contributed by atoms with E-state index >= 15 is 0 Å². The number of hydrogen-bond donors (Lipinski definition) is 0. The molecule has 0 heterocycles. The molecule has 0 atom stereocenters. The largest absolute Gasteiger partial charge is 0 e. The zero-order valence-electron chi connectivity index (χ0n) is 5.20. The summed E-state index contributed by atoms with van der Waals surface area (Å²) in [6.07, 6.45) is 0. The summed E-state index contributed by atoms with van der Waals surface area (Å²) < 4.78 is 0. The van der Waals surface area contributed by atoms with Crippen LogP contribution >= 0.6 is 0 Å². The zero-order valence-corrected chi connectivity index (χ0v) is 16.1. The molecule has 0 saturated carbocycles. The monoisotopic (exact) mass is 443 g/mol. The fourth-order valence-electron chi connectivity index (χ4n) is 0. The third-order valence-electron chi connectivity index (χ3n) is 0. The molecule has 0 unspecified atom stereocenters. The molecule has 0 aliphatic heterocycles. The topological polar surface area (TPSA) is 31.5 Å². The van der Waals surface area contributed by atoms with Crippen LogP contribution in [0.2, 0.25) is 0 Å². The normalized spacial score (nSPS) is 0. The summed E-state index contributed by atoms with van der Waals surface area (Å²) in [5.41, 5.74) is 0. The van der Waals surface area contributed by atoms with Gasteiger partial charge in [0.05, 0.1) is 0 Å². The van der Waals surface area contributed by atoms with Gasteiger partial charge in [-0.25, -0.2) is 0 Å². The van der Waals surface area contributed by atoms with Crippen LogP contribution < -0.4 is 0 Å². The minimum atomic E-state index is 0.